The number of aryl methyl sites for hydroxylation is 1. The molecule has 0 radical (unpaired) electrons. The highest BCUT2D eigenvalue weighted by molar-refractivity contribution is 7.92. The first kappa shape index (κ1) is 21.6. The van der Waals surface area contributed by atoms with Gasteiger partial charge in [-0.1, -0.05) is 29.8 Å². The molecule has 2 amide bonds. The third-order valence-corrected chi connectivity index (χ3v) is 6.58. The Balaban J connectivity index is 1.51. The van der Waals surface area contributed by atoms with Crippen LogP contribution in [0, 0.1) is 6.92 Å². The van der Waals surface area contributed by atoms with Gasteiger partial charge < -0.3 is 10.2 Å². The quantitative estimate of drug-likeness (QED) is 0.590. The van der Waals surface area contributed by atoms with Gasteiger partial charge in [0.05, 0.1) is 4.90 Å². The molecule has 1 heterocycles. The van der Waals surface area contributed by atoms with Crippen LogP contribution in [0.25, 0.3) is 0 Å². The van der Waals surface area contributed by atoms with E-state index in [-0.39, 0.29) is 16.4 Å². The molecule has 0 spiro atoms. The molecule has 0 saturated carbocycles. The minimum absolute atomic E-state index is 0.0119. The molecule has 1 aliphatic heterocycles. The number of anilines is 3. The Kier molecular flexibility index (Phi) is 5.96. The molecule has 1 fully saturated rings. The van der Waals surface area contributed by atoms with E-state index in [1.165, 1.54) is 18.2 Å². The van der Waals surface area contributed by atoms with Crippen LogP contribution in [0.5, 0.6) is 0 Å². The van der Waals surface area contributed by atoms with Crippen molar-refractivity contribution in [3.8, 4) is 0 Å². The number of carbonyl (C=O) groups excluding carboxylic acids is 2. The number of amides is 2. The molecule has 8 heteroatoms. The summed E-state index contributed by atoms with van der Waals surface area (Å²) in [5.41, 5.74) is 2.92. The minimum Gasteiger partial charge on any atom is -0.322 e. The molecule has 0 atom stereocenters. The van der Waals surface area contributed by atoms with E-state index in [1.54, 1.807) is 41.3 Å². The van der Waals surface area contributed by atoms with E-state index in [2.05, 4.69) is 10.0 Å². The van der Waals surface area contributed by atoms with Crippen LogP contribution in [-0.4, -0.2) is 26.8 Å². The Morgan fingerprint density at radius 3 is 2.41 bits per heavy atom. The van der Waals surface area contributed by atoms with E-state index < -0.39 is 15.9 Å². The van der Waals surface area contributed by atoms with Crippen molar-refractivity contribution in [1.82, 2.24) is 0 Å². The standard InChI is InChI=1S/C24H23N3O4S/c1-17-10-12-19(13-11-17)26-32(30,31)22-8-2-5-18(15-22)24(29)25-20-6-3-7-21(16-20)27-14-4-9-23(27)28/h2-3,5-8,10-13,15-16,26H,4,9,14H2,1H3,(H,25,29). The molecule has 3 aromatic rings. The average Bonchev–Trinajstić information content (AvgIpc) is 3.21. The fourth-order valence-corrected chi connectivity index (χ4v) is 4.62. The zero-order valence-corrected chi connectivity index (χ0v) is 18.4. The molecule has 7 nitrogen and oxygen atoms in total. The number of hydrogen-bond acceptors (Lipinski definition) is 4. The largest absolute Gasteiger partial charge is 0.322 e. The van der Waals surface area contributed by atoms with Crippen LogP contribution in [0.3, 0.4) is 0 Å². The number of rotatable bonds is 6. The van der Waals surface area contributed by atoms with Crippen LogP contribution < -0.4 is 14.9 Å². The second-order valence-corrected chi connectivity index (χ2v) is 9.34. The third kappa shape index (κ3) is 4.81. The summed E-state index contributed by atoms with van der Waals surface area (Å²) in [6.45, 7) is 2.57. The van der Waals surface area contributed by atoms with Crippen molar-refractivity contribution < 1.29 is 18.0 Å². The van der Waals surface area contributed by atoms with Gasteiger partial charge in [-0.2, -0.15) is 0 Å². The molecule has 1 saturated heterocycles. The predicted molar refractivity (Wildman–Crippen MR) is 124 cm³/mol. The summed E-state index contributed by atoms with van der Waals surface area (Å²) in [7, 11) is -3.85. The van der Waals surface area contributed by atoms with Gasteiger partial charge in [0.25, 0.3) is 15.9 Å². The molecule has 1 aliphatic rings. The Bertz CT molecular complexity index is 1270. The van der Waals surface area contributed by atoms with Gasteiger partial charge in [0.2, 0.25) is 5.91 Å². The number of carbonyl (C=O) groups is 2. The van der Waals surface area contributed by atoms with Crippen LogP contribution >= 0.6 is 0 Å². The smallest absolute Gasteiger partial charge is 0.261 e. The second kappa shape index (κ2) is 8.84. The van der Waals surface area contributed by atoms with Crippen molar-refractivity contribution >= 4 is 38.9 Å². The van der Waals surface area contributed by atoms with Crippen molar-refractivity contribution in [2.24, 2.45) is 0 Å². The third-order valence-electron chi connectivity index (χ3n) is 5.20. The van der Waals surface area contributed by atoms with E-state index in [1.807, 2.05) is 25.1 Å². The first-order valence-electron chi connectivity index (χ1n) is 10.2. The molecule has 4 rings (SSSR count). The maximum atomic E-state index is 12.8. The van der Waals surface area contributed by atoms with Crippen molar-refractivity contribution in [2.45, 2.75) is 24.7 Å². The number of sulfonamides is 1. The number of hydrogen-bond donors (Lipinski definition) is 2. The van der Waals surface area contributed by atoms with Crippen LogP contribution in [0.4, 0.5) is 17.1 Å². The van der Waals surface area contributed by atoms with E-state index in [4.69, 9.17) is 0 Å². The maximum absolute atomic E-state index is 12.8. The number of benzene rings is 3. The SMILES string of the molecule is Cc1ccc(NS(=O)(=O)c2cccc(C(=O)Nc3cccc(N4CCCC4=O)c3)c2)cc1. The van der Waals surface area contributed by atoms with E-state index in [0.717, 1.165) is 17.7 Å². The Morgan fingerprint density at radius 2 is 1.69 bits per heavy atom. The maximum Gasteiger partial charge on any atom is 0.261 e. The highest BCUT2D eigenvalue weighted by Crippen LogP contribution is 2.25. The van der Waals surface area contributed by atoms with Gasteiger partial charge in [-0.3, -0.25) is 14.3 Å². The summed E-state index contributed by atoms with van der Waals surface area (Å²) in [6, 6.07) is 19.9. The highest BCUT2D eigenvalue weighted by Gasteiger charge is 2.22. The molecule has 32 heavy (non-hydrogen) atoms. The summed E-state index contributed by atoms with van der Waals surface area (Å²) in [5, 5.41) is 2.78. The average molecular weight is 450 g/mol. The summed E-state index contributed by atoms with van der Waals surface area (Å²) >= 11 is 0. The zero-order valence-electron chi connectivity index (χ0n) is 17.5. The normalized spacial score (nSPS) is 13.8. The highest BCUT2D eigenvalue weighted by atomic mass is 32.2. The predicted octanol–water partition coefficient (Wildman–Crippen LogP) is 4.17. The summed E-state index contributed by atoms with van der Waals surface area (Å²) < 4.78 is 28.0. The van der Waals surface area contributed by atoms with Crippen molar-refractivity contribution in [1.29, 1.82) is 0 Å². The van der Waals surface area contributed by atoms with Crippen molar-refractivity contribution in [3.63, 3.8) is 0 Å². The Labute approximate surface area is 187 Å². The second-order valence-electron chi connectivity index (χ2n) is 7.65. The number of nitrogens with one attached hydrogen (secondary N) is 2. The number of nitrogens with zero attached hydrogens (tertiary/aromatic N) is 1. The molecule has 0 unspecified atom stereocenters. The van der Waals surface area contributed by atoms with Gasteiger partial charge in [0.1, 0.15) is 0 Å². The van der Waals surface area contributed by atoms with Crippen LogP contribution in [0.2, 0.25) is 0 Å². The summed E-state index contributed by atoms with van der Waals surface area (Å²) in [4.78, 5) is 26.4. The fraction of sp³-hybridized carbons (Fsp3) is 0.167. The Hall–Kier alpha value is -3.65. The molecule has 3 aromatic carbocycles. The van der Waals surface area contributed by atoms with Gasteiger partial charge in [-0.05, 0) is 61.9 Å². The van der Waals surface area contributed by atoms with E-state index in [9.17, 15) is 18.0 Å². The monoisotopic (exact) mass is 449 g/mol. The zero-order chi connectivity index (χ0) is 22.7. The van der Waals surface area contributed by atoms with E-state index >= 15 is 0 Å². The molecule has 0 bridgehead atoms. The fourth-order valence-electron chi connectivity index (χ4n) is 3.52. The molecular weight excluding hydrogens is 426 g/mol. The van der Waals surface area contributed by atoms with Gasteiger partial charge in [0.15, 0.2) is 0 Å². The minimum atomic E-state index is -3.85. The first-order valence-corrected chi connectivity index (χ1v) is 11.7. The lowest BCUT2D eigenvalue weighted by atomic mass is 10.2. The van der Waals surface area contributed by atoms with E-state index in [0.29, 0.717) is 24.3 Å². The van der Waals surface area contributed by atoms with Gasteiger partial charge in [0, 0.05) is 35.6 Å². The van der Waals surface area contributed by atoms with Crippen molar-refractivity contribution in [2.75, 3.05) is 21.5 Å². The molecule has 164 valence electrons. The molecule has 0 aliphatic carbocycles. The molecular formula is C24H23N3O4S. The summed E-state index contributed by atoms with van der Waals surface area (Å²) in [6.07, 6.45) is 1.34. The van der Waals surface area contributed by atoms with Crippen LogP contribution in [0.15, 0.2) is 77.7 Å². The lowest BCUT2D eigenvalue weighted by Crippen LogP contribution is -2.23. The topological polar surface area (TPSA) is 95.6 Å². The van der Waals surface area contributed by atoms with Crippen LogP contribution in [0.1, 0.15) is 28.8 Å². The lowest BCUT2D eigenvalue weighted by Gasteiger charge is -2.17. The Morgan fingerprint density at radius 1 is 0.938 bits per heavy atom. The van der Waals surface area contributed by atoms with Crippen LogP contribution in [-0.2, 0) is 14.8 Å². The molecule has 0 aromatic heterocycles. The molecule has 2 N–H and O–H groups in total. The van der Waals surface area contributed by atoms with Crippen molar-refractivity contribution in [3.05, 3.63) is 83.9 Å². The first-order chi connectivity index (χ1) is 15.3. The van der Waals surface area contributed by atoms with Gasteiger partial charge in [-0.15, -0.1) is 0 Å². The lowest BCUT2D eigenvalue weighted by molar-refractivity contribution is -0.117. The summed E-state index contributed by atoms with van der Waals surface area (Å²) in [5.74, 6) is -0.380. The van der Waals surface area contributed by atoms with Gasteiger partial charge in [-0.25, -0.2) is 8.42 Å². The van der Waals surface area contributed by atoms with Gasteiger partial charge >= 0.3 is 0 Å².